The molecule has 0 spiro atoms. The number of carboxylic acid groups (broad SMARTS) is 1. The van der Waals surface area contributed by atoms with Crippen LogP contribution in [0.5, 0.6) is 17.2 Å². The minimum atomic E-state index is -1.25. The van der Waals surface area contributed by atoms with E-state index in [1.807, 2.05) is 12.1 Å². The highest BCUT2D eigenvalue weighted by Gasteiger charge is 2.15. The molecule has 4 rings (SSSR count). The summed E-state index contributed by atoms with van der Waals surface area (Å²) < 4.78 is 16.4. The number of nitrogen functional groups attached to an aromatic ring is 1. The average molecular weight is 465 g/mol. The van der Waals surface area contributed by atoms with E-state index in [2.05, 4.69) is 20.3 Å². The number of benzene rings is 1. The molecule has 0 aliphatic carbocycles. The Morgan fingerprint density at radius 3 is 2.53 bits per heavy atom. The number of ether oxygens (including phenoxy) is 3. The van der Waals surface area contributed by atoms with Crippen molar-refractivity contribution >= 4 is 33.6 Å². The van der Waals surface area contributed by atoms with Crippen molar-refractivity contribution in [1.29, 1.82) is 0 Å². The topological polar surface area (TPSA) is 162 Å². The van der Waals surface area contributed by atoms with E-state index in [0.717, 1.165) is 10.8 Å². The second-order valence-corrected chi connectivity index (χ2v) is 7.39. The minimum absolute atomic E-state index is 0.0703. The van der Waals surface area contributed by atoms with Gasteiger partial charge in [-0.2, -0.15) is 0 Å². The van der Waals surface area contributed by atoms with Gasteiger partial charge in [0.05, 0.1) is 44.3 Å². The van der Waals surface area contributed by atoms with Gasteiger partial charge in [-0.25, -0.2) is 9.78 Å². The van der Waals surface area contributed by atoms with Crippen molar-refractivity contribution in [3.8, 4) is 28.5 Å². The number of rotatable bonds is 8. The lowest BCUT2D eigenvalue weighted by atomic mass is 10.0. The number of hydrogen-bond acceptors (Lipinski definition) is 9. The molecule has 0 bridgehead atoms. The lowest BCUT2D eigenvalue weighted by Gasteiger charge is -2.15. The molecule has 0 saturated carbocycles. The summed E-state index contributed by atoms with van der Waals surface area (Å²) in [5.41, 5.74) is 8.17. The predicted molar refractivity (Wildman–Crippen MR) is 125 cm³/mol. The van der Waals surface area contributed by atoms with Crippen molar-refractivity contribution in [2.24, 2.45) is 0 Å². The van der Waals surface area contributed by atoms with Gasteiger partial charge in [0.1, 0.15) is 18.2 Å². The number of hydrogen-bond donors (Lipinski definition) is 4. The van der Waals surface area contributed by atoms with Crippen LogP contribution in [-0.2, 0) is 0 Å². The van der Waals surface area contributed by atoms with E-state index in [9.17, 15) is 9.90 Å². The number of fused-ring (bicyclic) bond motifs is 3. The van der Waals surface area contributed by atoms with Crippen molar-refractivity contribution in [2.75, 3.05) is 33.2 Å². The van der Waals surface area contributed by atoms with Crippen LogP contribution in [0, 0.1) is 0 Å². The van der Waals surface area contributed by atoms with Crippen LogP contribution in [-0.4, -0.2) is 64.7 Å². The molecule has 3 aromatic heterocycles. The number of amides is 1. The second kappa shape index (κ2) is 9.63. The zero-order chi connectivity index (χ0) is 24.2. The summed E-state index contributed by atoms with van der Waals surface area (Å²) in [6, 6.07) is 6.45. The van der Waals surface area contributed by atoms with E-state index >= 15 is 0 Å². The molecule has 5 N–H and O–H groups in total. The molecule has 34 heavy (non-hydrogen) atoms. The van der Waals surface area contributed by atoms with E-state index < -0.39 is 18.7 Å². The zero-order valence-electron chi connectivity index (χ0n) is 18.5. The molecule has 4 aromatic rings. The summed E-state index contributed by atoms with van der Waals surface area (Å²) >= 11 is 0. The molecule has 3 heterocycles. The number of pyridine rings is 3. The first-order valence-electron chi connectivity index (χ1n) is 10.2. The molecule has 1 atom stereocenters. The van der Waals surface area contributed by atoms with Crippen LogP contribution in [0.25, 0.3) is 32.9 Å². The van der Waals surface area contributed by atoms with Gasteiger partial charge in [0.2, 0.25) is 0 Å². The van der Waals surface area contributed by atoms with Crippen LogP contribution in [0.15, 0.2) is 42.9 Å². The molecule has 0 radical (unpaired) electrons. The maximum Gasteiger partial charge on any atom is 0.405 e. The molecule has 11 heteroatoms. The lowest BCUT2D eigenvalue weighted by Crippen LogP contribution is -2.40. The number of nitrogens with two attached hydrogens (primary N) is 1. The maximum absolute atomic E-state index is 10.8. The Bertz CT molecular complexity index is 1360. The van der Waals surface area contributed by atoms with Gasteiger partial charge in [-0.15, -0.1) is 0 Å². The van der Waals surface area contributed by atoms with Crippen molar-refractivity contribution in [1.82, 2.24) is 20.3 Å². The largest absolute Gasteiger partial charge is 0.493 e. The normalized spacial score (nSPS) is 11.9. The van der Waals surface area contributed by atoms with Gasteiger partial charge in [-0.05, 0) is 23.6 Å². The fourth-order valence-corrected chi connectivity index (χ4v) is 3.56. The second-order valence-electron chi connectivity index (χ2n) is 7.39. The van der Waals surface area contributed by atoms with Crippen LogP contribution in [0.1, 0.15) is 0 Å². The Labute approximate surface area is 194 Å². The third-order valence-electron chi connectivity index (χ3n) is 5.22. The molecule has 0 saturated heterocycles. The number of methoxy groups -OCH3 is 2. The summed E-state index contributed by atoms with van der Waals surface area (Å²) in [6.07, 6.45) is 3.52. The highest BCUT2D eigenvalue weighted by molar-refractivity contribution is 6.10. The molecule has 176 valence electrons. The molecule has 0 aliphatic heterocycles. The summed E-state index contributed by atoms with van der Waals surface area (Å²) in [6.45, 7) is -0.475. The number of anilines is 1. The predicted octanol–water partition coefficient (Wildman–Crippen LogP) is 2.45. The van der Waals surface area contributed by atoms with Crippen LogP contribution in [0.3, 0.4) is 0 Å². The number of nitrogens with one attached hydrogen (secondary N) is 1. The Kier molecular flexibility index (Phi) is 6.46. The molecular weight excluding hydrogens is 442 g/mol. The van der Waals surface area contributed by atoms with Gasteiger partial charge < -0.3 is 35.5 Å². The molecule has 11 nitrogen and oxygen atoms in total. The molecule has 1 aromatic carbocycles. The monoisotopic (exact) mass is 465 g/mol. The third kappa shape index (κ3) is 4.55. The van der Waals surface area contributed by atoms with Crippen LogP contribution < -0.4 is 25.3 Å². The van der Waals surface area contributed by atoms with Gasteiger partial charge in [-0.1, -0.05) is 0 Å². The van der Waals surface area contributed by atoms with Gasteiger partial charge in [0, 0.05) is 34.8 Å². The fourth-order valence-electron chi connectivity index (χ4n) is 3.56. The average Bonchev–Trinajstić information content (AvgIpc) is 2.85. The van der Waals surface area contributed by atoms with Crippen LogP contribution >= 0.6 is 0 Å². The van der Waals surface area contributed by atoms with Gasteiger partial charge in [0.25, 0.3) is 0 Å². The van der Waals surface area contributed by atoms with E-state index in [1.165, 1.54) is 6.20 Å². The number of carbonyl (C=O) groups is 1. The Morgan fingerprint density at radius 1 is 1.06 bits per heavy atom. The molecule has 0 fully saturated rings. The van der Waals surface area contributed by atoms with Crippen molar-refractivity contribution in [2.45, 2.75) is 6.04 Å². The number of aromatic nitrogens is 3. The molecular formula is C23H23N5O6. The van der Waals surface area contributed by atoms with Gasteiger partial charge in [-0.3, -0.25) is 9.97 Å². The molecule has 0 aliphatic rings. The van der Waals surface area contributed by atoms with Crippen molar-refractivity contribution < 1.29 is 29.2 Å². The summed E-state index contributed by atoms with van der Waals surface area (Å²) in [4.78, 5) is 24.0. The first-order chi connectivity index (χ1) is 16.4. The smallest absolute Gasteiger partial charge is 0.405 e. The molecule has 0 unspecified atom stereocenters. The first kappa shape index (κ1) is 22.8. The minimum Gasteiger partial charge on any atom is -0.493 e. The van der Waals surface area contributed by atoms with Crippen molar-refractivity contribution in [3.63, 3.8) is 0 Å². The highest BCUT2D eigenvalue weighted by atomic mass is 16.5. The zero-order valence-corrected chi connectivity index (χ0v) is 18.5. The van der Waals surface area contributed by atoms with Gasteiger partial charge >= 0.3 is 6.09 Å². The quantitative estimate of drug-likeness (QED) is 0.284. The number of aliphatic hydroxyl groups is 1. The standard InChI is InChI=1S/C23H23N5O6/c1-32-20-5-16-15-4-18(28-22(24)17(15)9-26-19(16)6-21(20)33-2)12-3-14(8-25-7-12)34-11-13(10-29)27-23(30)31/h3-9,13,27,29H,10-11H2,1-2H3,(H2,24,28)(H,30,31)/t13-/m1/s1. The number of aliphatic hydroxyl groups excluding tert-OH is 1. The summed E-state index contributed by atoms with van der Waals surface area (Å²) in [5.74, 6) is 1.81. The Balaban J connectivity index is 1.74. The number of nitrogens with zero attached hydrogens (tertiary/aromatic N) is 3. The van der Waals surface area contributed by atoms with E-state index in [0.29, 0.717) is 45.2 Å². The van der Waals surface area contributed by atoms with E-state index in [1.54, 1.807) is 38.7 Å². The Hall–Kier alpha value is -4.38. The summed E-state index contributed by atoms with van der Waals surface area (Å²) in [5, 5.41) is 22.6. The fraction of sp³-hybridized carbons (Fsp3) is 0.217. The van der Waals surface area contributed by atoms with Crippen LogP contribution in [0.2, 0.25) is 0 Å². The van der Waals surface area contributed by atoms with E-state index in [4.69, 9.17) is 25.1 Å². The van der Waals surface area contributed by atoms with Crippen molar-refractivity contribution in [3.05, 3.63) is 42.9 Å². The lowest BCUT2D eigenvalue weighted by molar-refractivity contribution is 0.156. The third-order valence-corrected chi connectivity index (χ3v) is 5.22. The first-order valence-corrected chi connectivity index (χ1v) is 10.2. The highest BCUT2D eigenvalue weighted by Crippen LogP contribution is 2.37. The van der Waals surface area contributed by atoms with Crippen LogP contribution in [0.4, 0.5) is 10.6 Å². The maximum atomic E-state index is 10.8. The summed E-state index contributed by atoms with van der Waals surface area (Å²) in [7, 11) is 3.13. The SMILES string of the molecule is COc1cc2ncc3c(N)nc(-c4cncc(OC[C@@H](CO)NC(=O)O)c4)cc3c2cc1OC. The molecule has 1 amide bonds. The van der Waals surface area contributed by atoms with Gasteiger partial charge in [0.15, 0.2) is 11.5 Å². The van der Waals surface area contributed by atoms with E-state index in [-0.39, 0.29) is 6.61 Å². The Morgan fingerprint density at radius 2 is 1.82 bits per heavy atom.